The van der Waals surface area contributed by atoms with Crippen molar-refractivity contribution in [1.29, 1.82) is 0 Å². The summed E-state index contributed by atoms with van der Waals surface area (Å²) in [6.45, 7) is 7.48. The second kappa shape index (κ2) is 12.7. The second-order valence-electron chi connectivity index (χ2n) is 8.00. The highest BCUT2D eigenvalue weighted by Crippen LogP contribution is 2.27. The fraction of sp³-hybridized carbons (Fsp3) is 0.762. The minimum atomic E-state index is 0. The van der Waals surface area contributed by atoms with Crippen molar-refractivity contribution in [3.8, 4) is 0 Å². The van der Waals surface area contributed by atoms with E-state index < -0.39 is 0 Å². The van der Waals surface area contributed by atoms with Crippen LogP contribution < -0.4 is 10.6 Å². The Balaban J connectivity index is 0.00000300. The Morgan fingerprint density at radius 1 is 1.31 bits per heavy atom. The third-order valence-corrected chi connectivity index (χ3v) is 6.65. The van der Waals surface area contributed by atoms with Crippen LogP contribution in [-0.2, 0) is 11.2 Å². The first-order valence-corrected chi connectivity index (χ1v) is 11.8. The summed E-state index contributed by atoms with van der Waals surface area (Å²) in [5, 5.41) is 10.2. The first-order valence-electron chi connectivity index (χ1n) is 10.9. The molecule has 1 unspecified atom stereocenters. The van der Waals surface area contributed by atoms with Crippen molar-refractivity contribution in [2.45, 2.75) is 71.3 Å². The number of carbonyl (C=O) groups is 1. The molecule has 0 radical (unpaired) electrons. The number of nitrogens with zero attached hydrogens (tertiary/aromatic N) is 3. The van der Waals surface area contributed by atoms with Crippen LogP contribution in [0.25, 0.3) is 0 Å². The minimum absolute atomic E-state index is 0. The van der Waals surface area contributed by atoms with Gasteiger partial charge in [-0.1, -0.05) is 12.8 Å². The number of likely N-dealkylation sites (tertiary alicyclic amines) is 1. The molecule has 164 valence electrons. The maximum Gasteiger partial charge on any atom is 0.225 e. The number of nitrogens with one attached hydrogen (secondary N) is 2. The summed E-state index contributed by atoms with van der Waals surface area (Å²) in [5.41, 5.74) is 1.12. The number of halogens is 1. The predicted molar refractivity (Wildman–Crippen MR) is 131 cm³/mol. The maximum absolute atomic E-state index is 12.6. The number of aryl methyl sites for hydroxylation is 2. The summed E-state index contributed by atoms with van der Waals surface area (Å²) in [6.07, 6.45) is 8.81. The maximum atomic E-state index is 12.6. The van der Waals surface area contributed by atoms with E-state index in [0.29, 0.717) is 11.9 Å². The number of hydrogen-bond donors (Lipinski definition) is 2. The van der Waals surface area contributed by atoms with Crippen LogP contribution in [0, 0.1) is 12.8 Å². The number of thiazole rings is 1. The minimum Gasteiger partial charge on any atom is -0.357 e. The number of aliphatic imine (C=N–C) groups is 1. The molecule has 0 bridgehead atoms. The van der Waals surface area contributed by atoms with E-state index in [2.05, 4.69) is 32.8 Å². The number of aromatic nitrogens is 1. The lowest BCUT2D eigenvalue weighted by Crippen LogP contribution is -2.45. The van der Waals surface area contributed by atoms with Gasteiger partial charge in [0.2, 0.25) is 5.91 Å². The van der Waals surface area contributed by atoms with Crippen LogP contribution in [0.3, 0.4) is 0 Å². The Morgan fingerprint density at radius 2 is 2.10 bits per heavy atom. The summed E-state index contributed by atoms with van der Waals surface area (Å²) in [5.74, 6) is 1.54. The van der Waals surface area contributed by atoms with E-state index in [0.717, 1.165) is 76.4 Å². The van der Waals surface area contributed by atoms with E-state index in [4.69, 9.17) is 4.99 Å². The van der Waals surface area contributed by atoms with E-state index in [1.54, 1.807) is 11.3 Å². The van der Waals surface area contributed by atoms with Gasteiger partial charge in [0, 0.05) is 49.2 Å². The van der Waals surface area contributed by atoms with Crippen LogP contribution in [0.5, 0.6) is 0 Å². The zero-order valence-corrected chi connectivity index (χ0v) is 20.9. The fourth-order valence-corrected chi connectivity index (χ4v) is 4.94. The topological polar surface area (TPSA) is 69.6 Å². The molecular formula is C21H36IN5OS. The average molecular weight is 534 g/mol. The molecule has 2 heterocycles. The van der Waals surface area contributed by atoms with Crippen molar-refractivity contribution in [3.05, 3.63) is 16.1 Å². The SMILES string of the molecule is CCNC(=NCCCCc1nc(C)cs1)NC1CCN(C(=O)C2CCCC2)C1.I. The molecule has 0 spiro atoms. The quantitative estimate of drug-likeness (QED) is 0.231. The monoisotopic (exact) mass is 533 g/mol. The Bertz CT molecular complexity index is 659. The smallest absolute Gasteiger partial charge is 0.225 e. The zero-order chi connectivity index (χ0) is 19.8. The highest BCUT2D eigenvalue weighted by atomic mass is 127. The number of carbonyl (C=O) groups excluding carboxylic acids is 1. The van der Waals surface area contributed by atoms with Crippen LogP contribution in [0.4, 0.5) is 0 Å². The highest BCUT2D eigenvalue weighted by molar-refractivity contribution is 14.0. The summed E-state index contributed by atoms with van der Waals surface area (Å²) >= 11 is 1.75. The van der Waals surface area contributed by atoms with Gasteiger partial charge in [0.15, 0.2) is 5.96 Å². The van der Waals surface area contributed by atoms with Gasteiger partial charge >= 0.3 is 0 Å². The van der Waals surface area contributed by atoms with Crippen LogP contribution in [0.2, 0.25) is 0 Å². The van der Waals surface area contributed by atoms with E-state index in [1.165, 1.54) is 17.8 Å². The van der Waals surface area contributed by atoms with E-state index in [-0.39, 0.29) is 29.9 Å². The first kappa shape index (κ1) is 24.4. The normalized spacial score (nSPS) is 20.0. The van der Waals surface area contributed by atoms with Gasteiger partial charge in [0.05, 0.1) is 5.01 Å². The molecule has 1 saturated heterocycles. The Morgan fingerprint density at radius 3 is 2.79 bits per heavy atom. The van der Waals surface area contributed by atoms with E-state index in [9.17, 15) is 4.79 Å². The lowest BCUT2D eigenvalue weighted by Gasteiger charge is -2.21. The van der Waals surface area contributed by atoms with Gasteiger partial charge in [0.25, 0.3) is 0 Å². The number of rotatable bonds is 8. The van der Waals surface area contributed by atoms with Crippen LogP contribution in [0.1, 0.15) is 62.6 Å². The van der Waals surface area contributed by atoms with Gasteiger partial charge in [-0.3, -0.25) is 9.79 Å². The Hall–Kier alpha value is -0.900. The molecule has 1 amide bonds. The standard InChI is InChI=1S/C21H35N5OS.HI/c1-3-22-21(23-12-7-6-10-19-24-16(2)15-28-19)25-18-11-13-26(14-18)20(27)17-8-4-5-9-17;/h15,17-18H,3-14H2,1-2H3,(H2,22,23,25);1H. The van der Waals surface area contributed by atoms with Crippen LogP contribution >= 0.6 is 35.3 Å². The van der Waals surface area contributed by atoms with Crippen LogP contribution in [0.15, 0.2) is 10.4 Å². The van der Waals surface area contributed by atoms with Crippen molar-refractivity contribution in [2.75, 3.05) is 26.2 Å². The van der Waals surface area contributed by atoms with Gasteiger partial charge in [-0.25, -0.2) is 4.98 Å². The van der Waals surface area contributed by atoms with Crippen molar-refractivity contribution in [1.82, 2.24) is 20.5 Å². The Kier molecular flexibility index (Phi) is 10.7. The molecule has 2 fully saturated rings. The molecule has 2 aliphatic rings. The third-order valence-electron chi connectivity index (χ3n) is 5.62. The third kappa shape index (κ3) is 7.70. The summed E-state index contributed by atoms with van der Waals surface area (Å²) in [4.78, 5) is 23.9. The largest absolute Gasteiger partial charge is 0.357 e. The van der Waals surface area contributed by atoms with Crippen LogP contribution in [-0.4, -0.2) is 54.0 Å². The summed E-state index contributed by atoms with van der Waals surface area (Å²) in [7, 11) is 0. The molecule has 2 N–H and O–H groups in total. The van der Waals surface area contributed by atoms with Crippen molar-refractivity contribution in [3.63, 3.8) is 0 Å². The highest BCUT2D eigenvalue weighted by Gasteiger charge is 2.32. The average Bonchev–Trinajstić information content (AvgIpc) is 3.43. The first-order chi connectivity index (χ1) is 13.7. The fourth-order valence-electron chi connectivity index (χ4n) is 4.12. The van der Waals surface area contributed by atoms with Gasteiger partial charge < -0.3 is 15.5 Å². The molecule has 29 heavy (non-hydrogen) atoms. The molecule has 1 aromatic heterocycles. The van der Waals surface area contributed by atoms with E-state index >= 15 is 0 Å². The zero-order valence-electron chi connectivity index (χ0n) is 17.8. The number of amides is 1. The van der Waals surface area contributed by atoms with Gasteiger partial charge in [0.1, 0.15) is 0 Å². The number of unbranched alkanes of at least 4 members (excludes halogenated alkanes) is 1. The molecule has 1 saturated carbocycles. The van der Waals surface area contributed by atoms with Crippen molar-refractivity contribution in [2.24, 2.45) is 10.9 Å². The lowest BCUT2D eigenvalue weighted by molar-refractivity contribution is -0.134. The molecule has 8 heteroatoms. The van der Waals surface area contributed by atoms with Gasteiger partial charge in [-0.05, 0) is 52.4 Å². The molecule has 1 atom stereocenters. The van der Waals surface area contributed by atoms with Crippen molar-refractivity contribution >= 4 is 47.2 Å². The van der Waals surface area contributed by atoms with E-state index in [1.807, 2.05) is 6.92 Å². The molecule has 1 aromatic rings. The molecule has 1 aliphatic heterocycles. The van der Waals surface area contributed by atoms with Gasteiger partial charge in [-0.15, -0.1) is 35.3 Å². The predicted octanol–water partition coefficient (Wildman–Crippen LogP) is 3.74. The Labute approximate surface area is 196 Å². The second-order valence-corrected chi connectivity index (χ2v) is 8.94. The summed E-state index contributed by atoms with van der Waals surface area (Å²) in [6, 6.07) is 0.307. The molecular weight excluding hydrogens is 497 g/mol. The number of guanidine groups is 1. The molecule has 6 nitrogen and oxygen atoms in total. The molecule has 3 rings (SSSR count). The molecule has 1 aliphatic carbocycles. The van der Waals surface area contributed by atoms with Crippen molar-refractivity contribution < 1.29 is 4.79 Å². The lowest BCUT2D eigenvalue weighted by atomic mass is 10.1. The summed E-state index contributed by atoms with van der Waals surface area (Å²) < 4.78 is 0. The van der Waals surface area contributed by atoms with Gasteiger partial charge in [-0.2, -0.15) is 0 Å². The molecule has 0 aromatic carbocycles. The number of hydrogen-bond acceptors (Lipinski definition) is 4.